The first-order chi connectivity index (χ1) is 17.6. The molecule has 3 aromatic rings. The molecule has 0 aliphatic carbocycles. The number of piperidine rings is 1. The molecule has 10 heteroatoms. The molecule has 0 bridgehead atoms. The van der Waals surface area contributed by atoms with Crippen molar-refractivity contribution < 1.29 is 13.2 Å². The SMILES string of the molecule is CCN(CC)CCN(C(=O)c1ccc(S(=O)(=O)N2CCC(C)CC2)cc1)c1nc2c(C)cc(Cl)cc2s1. The molecule has 1 fully saturated rings. The van der Waals surface area contributed by atoms with E-state index in [2.05, 4.69) is 25.7 Å². The fraction of sp³-hybridized carbons (Fsp3) is 0.481. The predicted octanol–water partition coefficient (Wildman–Crippen LogP) is 5.67. The summed E-state index contributed by atoms with van der Waals surface area (Å²) in [6, 6.07) is 10.1. The Labute approximate surface area is 229 Å². The molecule has 1 aliphatic rings. The van der Waals surface area contributed by atoms with E-state index in [1.165, 1.54) is 11.3 Å². The average Bonchev–Trinajstić information content (AvgIpc) is 3.31. The van der Waals surface area contributed by atoms with Crippen molar-refractivity contribution >= 4 is 54.2 Å². The third-order valence-electron chi connectivity index (χ3n) is 7.13. The Bertz CT molecular complexity index is 1350. The highest BCUT2D eigenvalue weighted by atomic mass is 35.5. The lowest BCUT2D eigenvalue weighted by Gasteiger charge is -2.29. The first-order valence-corrected chi connectivity index (χ1v) is 15.5. The number of fused-ring (bicyclic) bond motifs is 1. The Balaban J connectivity index is 1.62. The summed E-state index contributed by atoms with van der Waals surface area (Å²) < 4.78 is 28.8. The van der Waals surface area contributed by atoms with Gasteiger partial charge in [0.25, 0.3) is 5.91 Å². The first-order valence-electron chi connectivity index (χ1n) is 12.8. The van der Waals surface area contributed by atoms with Gasteiger partial charge in [0.1, 0.15) is 0 Å². The van der Waals surface area contributed by atoms with Crippen molar-refractivity contribution in [2.24, 2.45) is 5.92 Å². The van der Waals surface area contributed by atoms with Gasteiger partial charge < -0.3 is 4.90 Å². The molecule has 0 saturated carbocycles. The smallest absolute Gasteiger partial charge is 0.260 e. The van der Waals surface area contributed by atoms with Gasteiger partial charge in [0, 0.05) is 36.8 Å². The molecule has 1 aromatic heterocycles. The number of hydrogen-bond donors (Lipinski definition) is 0. The molecule has 2 heterocycles. The lowest BCUT2D eigenvalue weighted by Crippen LogP contribution is -2.39. The zero-order valence-electron chi connectivity index (χ0n) is 21.9. The zero-order chi connectivity index (χ0) is 26.7. The summed E-state index contributed by atoms with van der Waals surface area (Å²) >= 11 is 7.70. The van der Waals surface area contributed by atoms with Gasteiger partial charge in [0.15, 0.2) is 5.13 Å². The third kappa shape index (κ3) is 6.17. The van der Waals surface area contributed by atoms with Crippen molar-refractivity contribution in [1.82, 2.24) is 14.2 Å². The Kier molecular flexibility index (Phi) is 8.91. The van der Waals surface area contributed by atoms with Crippen LogP contribution >= 0.6 is 22.9 Å². The van der Waals surface area contributed by atoms with Gasteiger partial charge >= 0.3 is 0 Å². The number of anilines is 1. The molecule has 0 spiro atoms. The van der Waals surface area contributed by atoms with Crippen molar-refractivity contribution in [3.63, 3.8) is 0 Å². The molecular formula is C27H35ClN4O3S2. The molecule has 4 rings (SSSR count). The topological polar surface area (TPSA) is 73.8 Å². The molecular weight excluding hydrogens is 528 g/mol. The number of halogens is 1. The maximum absolute atomic E-state index is 13.8. The number of sulfonamides is 1. The Hall–Kier alpha value is -2.04. The highest BCUT2D eigenvalue weighted by molar-refractivity contribution is 7.89. The van der Waals surface area contributed by atoms with Gasteiger partial charge in [-0.3, -0.25) is 9.69 Å². The predicted molar refractivity (Wildman–Crippen MR) is 152 cm³/mol. The van der Waals surface area contributed by atoms with E-state index >= 15 is 0 Å². The fourth-order valence-corrected chi connectivity index (χ4v) is 7.54. The van der Waals surface area contributed by atoms with Gasteiger partial charge in [-0.05, 0) is 80.7 Å². The van der Waals surface area contributed by atoms with E-state index < -0.39 is 10.0 Å². The number of aromatic nitrogens is 1. The molecule has 1 amide bonds. The van der Waals surface area contributed by atoms with Crippen molar-refractivity contribution in [3.05, 3.63) is 52.5 Å². The minimum absolute atomic E-state index is 0.203. The lowest BCUT2D eigenvalue weighted by molar-refractivity contribution is 0.0983. The van der Waals surface area contributed by atoms with Crippen LogP contribution in [0.15, 0.2) is 41.3 Å². The quantitative estimate of drug-likeness (QED) is 0.336. The second-order valence-electron chi connectivity index (χ2n) is 9.66. The molecule has 0 unspecified atom stereocenters. The van der Waals surface area contributed by atoms with E-state index in [-0.39, 0.29) is 10.8 Å². The van der Waals surface area contributed by atoms with Crippen LogP contribution < -0.4 is 4.90 Å². The summed E-state index contributed by atoms with van der Waals surface area (Å²) in [5, 5.41) is 1.25. The number of thiazole rings is 1. The van der Waals surface area contributed by atoms with Crippen LogP contribution in [0.4, 0.5) is 5.13 Å². The monoisotopic (exact) mass is 562 g/mol. The number of carbonyl (C=O) groups is 1. The molecule has 1 saturated heterocycles. The van der Waals surface area contributed by atoms with E-state index in [1.54, 1.807) is 33.5 Å². The summed E-state index contributed by atoms with van der Waals surface area (Å²) in [5.41, 5.74) is 2.23. The molecule has 0 radical (unpaired) electrons. The van der Waals surface area contributed by atoms with Gasteiger partial charge in [-0.25, -0.2) is 13.4 Å². The molecule has 200 valence electrons. The molecule has 0 N–H and O–H groups in total. The standard InChI is InChI=1S/C27H35ClN4O3S2/c1-5-30(6-2)15-16-32(27-29-25-20(4)17-22(28)18-24(25)36-27)26(33)21-7-9-23(10-8-21)37(34,35)31-13-11-19(3)12-14-31/h7-10,17-19H,5-6,11-16H2,1-4H3. The summed E-state index contributed by atoms with van der Waals surface area (Å²) in [6.45, 7) is 12.3. The first kappa shape index (κ1) is 28.0. The zero-order valence-corrected chi connectivity index (χ0v) is 24.3. The second kappa shape index (κ2) is 11.8. The summed E-state index contributed by atoms with van der Waals surface area (Å²) in [6.07, 6.45) is 1.73. The molecule has 7 nitrogen and oxygen atoms in total. The van der Waals surface area contributed by atoms with E-state index in [0.717, 1.165) is 41.7 Å². The largest absolute Gasteiger partial charge is 0.302 e. The van der Waals surface area contributed by atoms with Crippen LogP contribution in [0.1, 0.15) is 49.5 Å². The second-order valence-corrected chi connectivity index (χ2v) is 13.0. The van der Waals surface area contributed by atoms with Crippen molar-refractivity contribution in [2.45, 2.75) is 45.4 Å². The minimum Gasteiger partial charge on any atom is -0.302 e. The van der Waals surface area contributed by atoms with Crippen LogP contribution in [0.3, 0.4) is 0 Å². The van der Waals surface area contributed by atoms with E-state index in [0.29, 0.717) is 47.8 Å². The van der Waals surface area contributed by atoms with Gasteiger partial charge in [0.2, 0.25) is 10.0 Å². The number of aryl methyl sites for hydroxylation is 1. The number of likely N-dealkylation sites (N-methyl/N-ethyl adjacent to an activating group) is 1. The third-order valence-corrected chi connectivity index (χ3v) is 10.3. The van der Waals surface area contributed by atoms with Crippen LogP contribution in [0.5, 0.6) is 0 Å². The molecule has 2 aromatic carbocycles. The summed E-state index contributed by atoms with van der Waals surface area (Å²) in [7, 11) is -3.58. The number of amides is 1. The molecule has 1 aliphatic heterocycles. The number of hydrogen-bond acceptors (Lipinski definition) is 6. The van der Waals surface area contributed by atoms with E-state index in [9.17, 15) is 13.2 Å². The van der Waals surface area contributed by atoms with Crippen LogP contribution in [-0.2, 0) is 10.0 Å². The highest BCUT2D eigenvalue weighted by Crippen LogP contribution is 2.34. The lowest BCUT2D eigenvalue weighted by atomic mass is 10.0. The normalized spacial score (nSPS) is 15.5. The number of nitrogens with zero attached hydrogens (tertiary/aromatic N) is 4. The Morgan fingerprint density at radius 1 is 1.11 bits per heavy atom. The average molecular weight is 563 g/mol. The van der Waals surface area contributed by atoms with E-state index in [1.807, 2.05) is 19.1 Å². The Morgan fingerprint density at radius 2 is 1.76 bits per heavy atom. The van der Waals surface area contributed by atoms with Crippen LogP contribution in [-0.4, -0.2) is 67.8 Å². The Morgan fingerprint density at radius 3 is 2.38 bits per heavy atom. The molecule has 0 atom stereocenters. The summed E-state index contributed by atoms with van der Waals surface area (Å²) in [4.78, 5) is 22.7. The van der Waals surface area contributed by atoms with Crippen molar-refractivity contribution in [2.75, 3.05) is 44.2 Å². The van der Waals surface area contributed by atoms with Crippen molar-refractivity contribution in [3.8, 4) is 0 Å². The number of benzene rings is 2. The van der Waals surface area contributed by atoms with Crippen LogP contribution in [0.2, 0.25) is 5.02 Å². The minimum atomic E-state index is -3.58. The molecule has 37 heavy (non-hydrogen) atoms. The van der Waals surface area contributed by atoms with Crippen LogP contribution in [0.25, 0.3) is 10.2 Å². The van der Waals surface area contributed by atoms with Gasteiger partial charge in [0.05, 0.1) is 15.1 Å². The number of rotatable bonds is 9. The van der Waals surface area contributed by atoms with E-state index in [4.69, 9.17) is 16.6 Å². The van der Waals surface area contributed by atoms with Gasteiger partial charge in [-0.2, -0.15) is 4.31 Å². The van der Waals surface area contributed by atoms with Gasteiger partial charge in [-0.1, -0.05) is 43.7 Å². The van der Waals surface area contributed by atoms with Crippen LogP contribution in [0, 0.1) is 12.8 Å². The highest BCUT2D eigenvalue weighted by Gasteiger charge is 2.29. The maximum Gasteiger partial charge on any atom is 0.260 e. The summed E-state index contributed by atoms with van der Waals surface area (Å²) in [5.74, 6) is 0.335. The number of carbonyl (C=O) groups excluding carboxylic acids is 1. The van der Waals surface area contributed by atoms with Gasteiger partial charge in [-0.15, -0.1) is 0 Å². The maximum atomic E-state index is 13.8. The van der Waals surface area contributed by atoms with Crippen molar-refractivity contribution in [1.29, 1.82) is 0 Å². The fourth-order valence-electron chi connectivity index (χ4n) is 4.62.